The summed E-state index contributed by atoms with van der Waals surface area (Å²) in [6.07, 6.45) is 4.85. The van der Waals surface area contributed by atoms with Gasteiger partial charge in [-0.25, -0.2) is 4.79 Å². The number of likely N-dealkylation sites (tertiary alicyclic amines) is 1. The average molecular weight is 211 g/mol. The molecule has 4 nitrogen and oxygen atoms in total. The molecule has 2 fully saturated rings. The summed E-state index contributed by atoms with van der Waals surface area (Å²) >= 11 is 0. The van der Waals surface area contributed by atoms with Crippen LogP contribution in [0.4, 0.5) is 0 Å². The van der Waals surface area contributed by atoms with E-state index < -0.39 is 5.97 Å². The Morgan fingerprint density at radius 3 is 2.60 bits per heavy atom. The molecule has 2 heterocycles. The van der Waals surface area contributed by atoms with E-state index in [1.165, 1.54) is 0 Å². The van der Waals surface area contributed by atoms with Gasteiger partial charge in [0.1, 0.15) is 0 Å². The molecule has 15 heavy (non-hydrogen) atoms. The highest BCUT2D eigenvalue weighted by atomic mass is 16.5. The minimum atomic E-state index is -0.828. The summed E-state index contributed by atoms with van der Waals surface area (Å²) in [4.78, 5) is 12.9. The zero-order valence-electron chi connectivity index (χ0n) is 8.98. The van der Waals surface area contributed by atoms with Crippen LogP contribution in [0.5, 0.6) is 0 Å². The van der Waals surface area contributed by atoms with Crippen molar-refractivity contribution in [1.82, 2.24) is 4.90 Å². The van der Waals surface area contributed by atoms with Gasteiger partial charge in [-0.05, 0) is 19.8 Å². The first kappa shape index (κ1) is 10.6. The van der Waals surface area contributed by atoms with E-state index in [0.29, 0.717) is 17.8 Å². The van der Waals surface area contributed by atoms with Gasteiger partial charge in [0.2, 0.25) is 0 Å². The predicted octanol–water partition coefficient (Wildman–Crippen LogP) is 0.881. The minimum Gasteiger partial charge on any atom is -0.478 e. The number of rotatable bonds is 3. The number of fused-ring (bicyclic) bond motifs is 2. The maximum absolute atomic E-state index is 10.6. The Balaban J connectivity index is 1.86. The minimum absolute atomic E-state index is 0.377. The van der Waals surface area contributed by atoms with E-state index in [0.717, 1.165) is 32.5 Å². The van der Waals surface area contributed by atoms with E-state index >= 15 is 0 Å². The third-order valence-corrected chi connectivity index (χ3v) is 3.11. The number of nitrogens with zero attached hydrogens (tertiary/aromatic N) is 1. The molecule has 0 aromatic rings. The van der Waals surface area contributed by atoms with Gasteiger partial charge in [0.05, 0.1) is 12.2 Å². The molecule has 2 aliphatic rings. The first-order valence-corrected chi connectivity index (χ1v) is 5.43. The van der Waals surface area contributed by atoms with Crippen LogP contribution in [-0.2, 0) is 9.53 Å². The summed E-state index contributed by atoms with van der Waals surface area (Å²) in [5.41, 5.74) is 0.425. The number of ether oxygens (including phenoxy) is 1. The zero-order valence-corrected chi connectivity index (χ0v) is 8.98. The van der Waals surface area contributed by atoms with Gasteiger partial charge in [0.25, 0.3) is 0 Å². The van der Waals surface area contributed by atoms with E-state index in [4.69, 9.17) is 9.84 Å². The first-order chi connectivity index (χ1) is 7.15. The summed E-state index contributed by atoms with van der Waals surface area (Å²) in [5.74, 6) is -0.828. The molecule has 2 atom stereocenters. The number of carboxylic acids is 1. The number of hydrogen-bond donors (Lipinski definition) is 1. The van der Waals surface area contributed by atoms with E-state index in [1.807, 2.05) is 0 Å². The Morgan fingerprint density at radius 1 is 1.47 bits per heavy atom. The van der Waals surface area contributed by atoms with Crippen LogP contribution in [0.1, 0.15) is 19.8 Å². The molecule has 0 radical (unpaired) electrons. The lowest BCUT2D eigenvalue weighted by Crippen LogP contribution is -2.42. The second kappa shape index (κ2) is 4.33. The third-order valence-electron chi connectivity index (χ3n) is 3.11. The molecule has 2 saturated heterocycles. The molecule has 0 aromatic heterocycles. The largest absolute Gasteiger partial charge is 0.478 e. The summed E-state index contributed by atoms with van der Waals surface area (Å²) in [6, 6.07) is 0. The predicted molar refractivity (Wildman–Crippen MR) is 55.7 cm³/mol. The Labute approximate surface area is 89.5 Å². The van der Waals surface area contributed by atoms with Crippen molar-refractivity contribution in [2.24, 2.45) is 0 Å². The van der Waals surface area contributed by atoms with E-state index in [9.17, 15) is 4.79 Å². The summed E-state index contributed by atoms with van der Waals surface area (Å²) < 4.78 is 5.70. The van der Waals surface area contributed by atoms with E-state index in [2.05, 4.69) is 4.90 Å². The Hall–Kier alpha value is -0.870. The lowest BCUT2D eigenvalue weighted by molar-refractivity contribution is -0.132. The Bertz CT molecular complexity index is 276. The van der Waals surface area contributed by atoms with Crippen LogP contribution in [-0.4, -0.2) is 47.8 Å². The molecule has 0 aliphatic carbocycles. The number of carbonyl (C=O) groups is 1. The number of carboxylic acid groups (broad SMARTS) is 1. The topological polar surface area (TPSA) is 49.8 Å². The van der Waals surface area contributed by atoms with Crippen molar-refractivity contribution < 1.29 is 14.6 Å². The van der Waals surface area contributed by atoms with Crippen LogP contribution < -0.4 is 0 Å². The van der Waals surface area contributed by atoms with Gasteiger partial charge in [-0.1, -0.05) is 6.08 Å². The van der Waals surface area contributed by atoms with Crippen molar-refractivity contribution in [3.05, 3.63) is 11.6 Å². The molecule has 0 aromatic carbocycles. The van der Waals surface area contributed by atoms with Gasteiger partial charge in [-0.3, -0.25) is 4.90 Å². The second-order valence-electron chi connectivity index (χ2n) is 4.37. The first-order valence-electron chi connectivity index (χ1n) is 5.43. The summed E-state index contributed by atoms with van der Waals surface area (Å²) in [7, 11) is 0. The molecule has 0 saturated carbocycles. The zero-order chi connectivity index (χ0) is 10.8. The molecule has 2 unspecified atom stereocenters. The molecule has 0 amide bonds. The van der Waals surface area contributed by atoms with Gasteiger partial charge in [0.15, 0.2) is 0 Å². The highest BCUT2D eigenvalue weighted by molar-refractivity contribution is 5.85. The fourth-order valence-electron chi connectivity index (χ4n) is 2.20. The van der Waals surface area contributed by atoms with Gasteiger partial charge < -0.3 is 9.84 Å². The number of hydrogen-bond acceptors (Lipinski definition) is 3. The molecule has 0 spiro atoms. The maximum atomic E-state index is 10.6. The van der Waals surface area contributed by atoms with Crippen LogP contribution in [0.15, 0.2) is 11.6 Å². The van der Waals surface area contributed by atoms with Crippen LogP contribution in [0, 0.1) is 0 Å². The van der Waals surface area contributed by atoms with E-state index in [1.54, 1.807) is 13.0 Å². The van der Waals surface area contributed by atoms with Crippen LogP contribution in [0.2, 0.25) is 0 Å². The third kappa shape index (κ3) is 2.58. The standard InChI is InChI=1S/C11H17NO3/c1-8(11(13)14)4-5-12-6-9-2-3-10(7-12)15-9/h4,9-10H,2-3,5-7H2,1H3,(H,13,14). The summed E-state index contributed by atoms with van der Waals surface area (Å²) in [6.45, 7) is 4.26. The van der Waals surface area contributed by atoms with E-state index in [-0.39, 0.29) is 0 Å². The number of aliphatic carboxylic acids is 1. The molecule has 1 N–H and O–H groups in total. The van der Waals surface area contributed by atoms with Gasteiger partial charge in [0, 0.05) is 25.2 Å². The highest BCUT2D eigenvalue weighted by Gasteiger charge is 2.32. The molecule has 2 aliphatic heterocycles. The highest BCUT2D eigenvalue weighted by Crippen LogP contribution is 2.25. The summed E-state index contributed by atoms with van der Waals surface area (Å²) in [5, 5.41) is 8.72. The molecule has 2 bridgehead atoms. The van der Waals surface area contributed by atoms with Crippen LogP contribution in [0.25, 0.3) is 0 Å². The van der Waals surface area contributed by atoms with Crippen molar-refractivity contribution in [1.29, 1.82) is 0 Å². The lowest BCUT2D eigenvalue weighted by atomic mass is 10.2. The maximum Gasteiger partial charge on any atom is 0.330 e. The van der Waals surface area contributed by atoms with Crippen LogP contribution >= 0.6 is 0 Å². The molecule has 84 valence electrons. The fourth-order valence-corrected chi connectivity index (χ4v) is 2.20. The lowest BCUT2D eigenvalue weighted by Gasteiger charge is -2.31. The van der Waals surface area contributed by atoms with Crippen molar-refractivity contribution >= 4 is 5.97 Å². The van der Waals surface area contributed by atoms with Gasteiger partial charge >= 0.3 is 5.97 Å². The monoisotopic (exact) mass is 211 g/mol. The fraction of sp³-hybridized carbons (Fsp3) is 0.727. The SMILES string of the molecule is CC(=CCN1CC2CCC(C1)O2)C(=O)O. The smallest absolute Gasteiger partial charge is 0.330 e. The van der Waals surface area contributed by atoms with Crippen molar-refractivity contribution in [2.75, 3.05) is 19.6 Å². The Kier molecular flexibility index (Phi) is 3.07. The van der Waals surface area contributed by atoms with Crippen molar-refractivity contribution in [3.63, 3.8) is 0 Å². The second-order valence-corrected chi connectivity index (χ2v) is 4.37. The Morgan fingerprint density at radius 2 is 2.07 bits per heavy atom. The molecule has 4 heteroatoms. The van der Waals surface area contributed by atoms with Gasteiger partial charge in [-0.15, -0.1) is 0 Å². The van der Waals surface area contributed by atoms with Crippen molar-refractivity contribution in [2.45, 2.75) is 32.0 Å². The molecular formula is C11H17NO3. The quantitative estimate of drug-likeness (QED) is 0.704. The molecular weight excluding hydrogens is 194 g/mol. The van der Waals surface area contributed by atoms with Crippen molar-refractivity contribution in [3.8, 4) is 0 Å². The normalized spacial score (nSPS) is 31.9. The number of morpholine rings is 1. The average Bonchev–Trinajstić information content (AvgIpc) is 2.54. The van der Waals surface area contributed by atoms with Crippen LogP contribution in [0.3, 0.4) is 0 Å². The molecule has 2 rings (SSSR count). The van der Waals surface area contributed by atoms with Gasteiger partial charge in [-0.2, -0.15) is 0 Å².